The van der Waals surface area contributed by atoms with E-state index in [1.807, 2.05) is 0 Å². The van der Waals surface area contributed by atoms with Crippen LogP contribution in [0, 0.1) is 0 Å². The highest BCUT2D eigenvalue weighted by atomic mass is 35.5. The number of nitrogens with one attached hydrogen (secondary N) is 1. The summed E-state index contributed by atoms with van der Waals surface area (Å²) in [5.41, 5.74) is 1.38. The van der Waals surface area contributed by atoms with Gasteiger partial charge in [-0.3, -0.25) is 19.2 Å². The number of rotatable bonds is 11. The third-order valence-corrected chi connectivity index (χ3v) is 5.41. The highest BCUT2D eigenvalue weighted by Crippen LogP contribution is 2.15. The summed E-state index contributed by atoms with van der Waals surface area (Å²) in [5.74, 6) is -2.54. The van der Waals surface area contributed by atoms with Crippen LogP contribution in [0.5, 0.6) is 0 Å². The zero-order valence-corrected chi connectivity index (χ0v) is 20.7. The minimum Gasteiger partial charge on any atom is -0.454 e. The number of anilines is 1. The lowest BCUT2D eigenvalue weighted by Crippen LogP contribution is -2.25. The Labute approximate surface area is 218 Å². The van der Waals surface area contributed by atoms with Crippen molar-refractivity contribution in [2.45, 2.75) is 25.9 Å². The second kappa shape index (κ2) is 13.1. The van der Waals surface area contributed by atoms with E-state index in [9.17, 15) is 24.0 Å². The van der Waals surface area contributed by atoms with Gasteiger partial charge in [-0.1, -0.05) is 54.1 Å². The third-order valence-electron chi connectivity index (χ3n) is 5.18. The molecule has 9 heteroatoms. The van der Waals surface area contributed by atoms with Crippen LogP contribution in [0.15, 0.2) is 78.9 Å². The van der Waals surface area contributed by atoms with Gasteiger partial charge in [0.15, 0.2) is 18.5 Å². The molecule has 0 saturated carbocycles. The number of carbonyl (C=O) groups excluding carboxylic acids is 5. The van der Waals surface area contributed by atoms with Gasteiger partial charge in [0.25, 0.3) is 0 Å². The standard InChI is InChI=1S/C28H24ClNO7/c1-18(27(34)21-8-5-9-22(29)16-21)37-26(33)15-14-25(32)30-23-12-10-20(11-13-23)28(35)36-17-24(31)19-6-3-2-4-7-19/h2-13,16,18H,14-15,17H2,1H3,(H,30,32). The van der Waals surface area contributed by atoms with Crippen LogP contribution in [0.4, 0.5) is 5.69 Å². The summed E-state index contributed by atoms with van der Waals surface area (Å²) in [6, 6.07) is 20.7. The monoisotopic (exact) mass is 521 g/mol. The Morgan fingerprint density at radius 1 is 0.811 bits per heavy atom. The summed E-state index contributed by atoms with van der Waals surface area (Å²) in [6.45, 7) is 1.06. The Balaban J connectivity index is 1.41. The van der Waals surface area contributed by atoms with Crippen LogP contribution in [0.3, 0.4) is 0 Å². The van der Waals surface area contributed by atoms with Gasteiger partial charge in [0.2, 0.25) is 11.7 Å². The largest absolute Gasteiger partial charge is 0.454 e. The Kier molecular flexibility index (Phi) is 9.69. The minimum absolute atomic E-state index is 0.164. The molecule has 0 heterocycles. The minimum atomic E-state index is -1.02. The molecule has 0 bridgehead atoms. The first kappa shape index (κ1) is 27.3. The molecule has 0 aliphatic heterocycles. The lowest BCUT2D eigenvalue weighted by molar-refractivity contribution is -0.147. The molecule has 0 aliphatic rings. The Bertz CT molecular complexity index is 1290. The molecule has 1 unspecified atom stereocenters. The van der Waals surface area contributed by atoms with Crippen LogP contribution in [0.2, 0.25) is 5.02 Å². The van der Waals surface area contributed by atoms with E-state index in [2.05, 4.69) is 5.32 Å². The molecule has 1 N–H and O–H groups in total. The quantitative estimate of drug-likeness (QED) is 0.281. The number of benzene rings is 3. The summed E-state index contributed by atoms with van der Waals surface area (Å²) < 4.78 is 10.2. The Hall–Kier alpha value is -4.30. The average Bonchev–Trinajstić information content (AvgIpc) is 2.90. The van der Waals surface area contributed by atoms with Gasteiger partial charge in [0, 0.05) is 28.3 Å². The molecule has 0 aliphatic carbocycles. The molecule has 8 nitrogen and oxygen atoms in total. The van der Waals surface area contributed by atoms with Crippen molar-refractivity contribution in [2.24, 2.45) is 0 Å². The highest BCUT2D eigenvalue weighted by Gasteiger charge is 2.20. The molecule has 190 valence electrons. The predicted octanol–water partition coefficient (Wildman–Crippen LogP) is 4.91. The lowest BCUT2D eigenvalue weighted by Gasteiger charge is -2.12. The number of amides is 1. The lowest BCUT2D eigenvalue weighted by atomic mass is 10.1. The number of hydrogen-bond donors (Lipinski definition) is 1. The first-order valence-corrected chi connectivity index (χ1v) is 11.8. The molecule has 37 heavy (non-hydrogen) atoms. The third kappa shape index (κ3) is 8.40. The van der Waals surface area contributed by atoms with Crippen molar-refractivity contribution in [2.75, 3.05) is 11.9 Å². The van der Waals surface area contributed by atoms with Crippen molar-refractivity contribution in [3.63, 3.8) is 0 Å². The van der Waals surface area contributed by atoms with Crippen LogP contribution in [-0.4, -0.2) is 42.1 Å². The number of hydrogen-bond acceptors (Lipinski definition) is 7. The molecular formula is C28H24ClNO7. The summed E-state index contributed by atoms with van der Waals surface area (Å²) >= 11 is 5.88. The first-order chi connectivity index (χ1) is 17.7. The van der Waals surface area contributed by atoms with E-state index >= 15 is 0 Å². The number of halogens is 1. The molecule has 1 atom stereocenters. The van der Waals surface area contributed by atoms with Crippen LogP contribution in [0.25, 0.3) is 0 Å². The topological polar surface area (TPSA) is 116 Å². The van der Waals surface area contributed by atoms with E-state index in [-0.39, 0.29) is 30.8 Å². The molecule has 3 aromatic carbocycles. The van der Waals surface area contributed by atoms with Gasteiger partial charge in [0.05, 0.1) is 12.0 Å². The van der Waals surface area contributed by atoms with Gasteiger partial charge in [-0.2, -0.15) is 0 Å². The van der Waals surface area contributed by atoms with Gasteiger partial charge in [-0.15, -0.1) is 0 Å². The van der Waals surface area contributed by atoms with Crippen LogP contribution >= 0.6 is 11.6 Å². The number of ketones is 2. The molecule has 0 spiro atoms. The van der Waals surface area contributed by atoms with Gasteiger partial charge >= 0.3 is 11.9 Å². The number of esters is 2. The van der Waals surface area contributed by atoms with Crippen molar-refractivity contribution < 1.29 is 33.4 Å². The van der Waals surface area contributed by atoms with Crippen LogP contribution in [-0.2, 0) is 19.1 Å². The van der Waals surface area contributed by atoms with Crippen molar-refractivity contribution in [1.29, 1.82) is 0 Å². The summed E-state index contributed by atoms with van der Waals surface area (Å²) in [6.07, 6.45) is -1.41. The number of Topliss-reactive ketones (excluding diaryl/α,β-unsaturated/α-hetero) is 2. The van der Waals surface area contributed by atoms with Gasteiger partial charge < -0.3 is 14.8 Å². The molecule has 1 amide bonds. The summed E-state index contributed by atoms with van der Waals surface area (Å²) in [4.78, 5) is 60.9. The SMILES string of the molecule is CC(OC(=O)CCC(=O)Nc1ccc(C(=O)OCC(=O)c2ccccc2)cc1)C(=O)c1cccc(Cl)c1. The van der Waals surface area contributed by atoms with E-state index in [1.54, 1.807) is 48.5 Å². The Morgan fingerprint density at radius 3 is 2.16 bits per heavy atom. The Morgan fingerprint density at radius 2 is 1.49 bits per heavy atom. The zero-order chi connectivity index (χ0) is 26.8. The summed E-state index contributed by atoms with van der Waals surface area (Å²) in [5, 5.41) is 3.00. The summed E-state index contributed by atoms with van der Waals surface area (Å²) in [7, 11) is 0. The normalized spacial score (nSPS) is 11.2. The van der Waals surface area contributed by atoms with Crippen molar-refractivity contribution in [3.8, 4) is 0 Å². The van der Waals surface area contributed by atoms with Gasteiger partial charge in [-0.25, -0.2) is 4.79 Å². The maximum absolute atomic E-state index is 12.4. The van der Waals surface area contributed by atoms with Gasteiger partial charge in [-0.05, 0) is 43.3 Å². The van der Waals surface area contributed by atoms with E-state index < -0.39 is 29.7 Å². The fourth-order valence-electron chi connectivity index (χ4n) is 3.24. The maximum Gasteiger partial charge on any atom is 0.338 e. The number of carbonyl (C=O) groups is 5. The van der Waals surface area contributed by atoms with Crippen LogP contribution < -0.4 is 5.32 Å². The van der Waals surface area contributed by atoms with E-state index in [0.29, 0.717) is 21.8 Å². The fourth-order valence-corrected chi connectivity index (χ4v) is 3.43. The first-order valence-electron chi connectivity index (χ1n) is 11.4. The molecule has 0 saturated heterocycles. The van der Waals surface area contributed by atoms with E-state index in [0.717, 1.165) is 0 Å². The fraction of sp³-hybridized carbons (Fsp3) is 0.179. The van der Waals surface area contributed by atoms with E-state index in [4.69, 9.17) is 21.1 Å². The zero-order valence-electron chi connectivity index (χ0n) is 19.9. The smallest absolute Gasteiger partial charge is 0.338 e. The van der Waals surface area contributed by atoms with Crippen LogP contribution in [0.1, 0.15) is 50.8 Å². The predicted molar refractivity (Wildman–Crippen MR) is 137 cm³/mol. The highest BCUT2D eigenvalue weighted by molar-refractivity contribution is 6.31. The second-order valence-electron chi connectivity index (χ2n) is 8.00. The van der Waals surface area contributed by atoms with Crippen molar-refractivity contribution in [1.82, 2.24) is 0 Å². The molecule has 0 radical (unpaired) electrons. The van der Waals surface area contributed by atoms with Gasteiger partial charge in [0.1, 0.15) is 0 Å². The maximum atomic E-state index is 12.4. The molecular weight excluding hydrogens is 498 g/mol. The molecule has 3 rings (SSSR count). The average molecular weight is 522 g/mol. The van der Waals surface area contributed by atoms with Crippen molar-refractivity contribution >= 4 is 46.7 Å². The molecule has 0 fully saturated rings. The molecule has 3 aromatic rings. The second-order valence-corrected chi connectivity index (χ2v) is 8.43. The molecule has 0 aromatic heterocycles. The van der Waals surface area contributed by atoms with Crippen molar-refractivity contribution in [3.05, 3.63) is 101 Å². The van der Waals surface area contributed by atoms with E-state index in [1.165, 1.54) is 37.3 Å². The number of ether oxygens (including phenoxy) is 2.